The van der Waals surface area contributed by atoms with Crippen molar-refractivity contribution in [3.05, 3.63) is 23.9 Å². The highest BCUT2D eigenvalue weighted by molar-refractivity contribution is 5.22. The Bertz CT molecular complexity index is 239. The summed E-state index contributed by atoms with van der Waals surface area (Å²) < 4.78 is 0. The van der Waals surface area contributed by atoms with Crippen LogP contribution >= 0.6 is 0 Å². The molecule has 0 N–H and O–H groups in total. The molecule has 70 valence electrons. The van der Waals surface area contributed by atoms with Crippen LogP contribution in [0.4, 0.5) is 0 Å². The minimum atomic E-state index is 0.995. The van der Waals surface area contributed by atoms with Crippen LogP contribution in [0.1, 0.15) is 26.2 Å². The summed E-state index contributed by atoms with van der Waals surface area (Å²) in [6.45, 7) is 4.46. The Morgan fingerprint density at radius 2 is 2.15 bits per heavy atom. The van der Waals surface area contributed by atoms with Crippen LogP contribution in [0.3, 0.4) is 0 Å². The van der Waals surface area contributed by atoms with Crippen LogP contribution in [0, 0.1) is 11.3 Å². The monoisotopic (exact) mass is 176 g/mol. The summed E-state index contributed by atoms with van der Waals surface area (Å²) >= 11 is 0. The topological polar surface area (TPSA) is 27.0 Å². The summed E-state index contributed by atoms with van der Waals surface area (Å²) in [5.74, 6) is 0. The zero-order valence-corrected chi connectivity index (χ0v) is 8.16. The number of hydrogen-bond acceptors (Lipinski definition) is 2. The van der Waals surface area contributed by atoms with E-state index in [2.05, 4.69) is 18.0 Å². The lowest BCUT2D eigenvalue weighted by molar-refractivity contribution is 0.464. The first-order valence-electron chi connectivity index (χ1n) is 4.87. The predicted molar refractivity (Wildman–Crippen MR) is 53.9 cm³/mol. The third-order valence-corrected chi connectivity index (χ3v) is 2.27. The summed E-state index contributed by atoms with van der Waals surface area (Å²) in [7, 11) is 0. The molecular weight excluding hydrogens is 160 g/mol. The lowest BCUT2D eigenvalue weighted by Gasteiger charge is -2.12. The molecule has 0 aliphatic carbocycles. The van der Waals surface area contributed by atoms with Gasteiger partial charge in [0.25, 0.3) is 0 Å². The maximum absolute atomic E-state index is 8.39. The Labute approximate surface area is 80.2 Å². The molecule has 0 spiro atoms. The van der Waals surface area contributed by atoms with Crippen LogP contribution < -0.4 is 0 Å². The van der Waals surface area contributed by atoms with Crippen molar-refractivity contribution < 1.29 is 0 Å². The molecule has 0 bridgehead atoms. The van der Waals surface area contributed by atoms with Crippen LogP contribution in [0.15, 0.2) is 23.9 Å². The first-order valence-corrected chi connectivity index (χ1v) is 4.87. The van der Waals surface area contributed by atoms with Gasteiger partial charge in [-0.25, -0.2) is 0 Å². The van der Waals surface area contributed by atoms with Gasteiger partial charge in [-0.2, -0.15) is 5.26 Å². The van der Waals surface area contributed by atoms with E-state index in [0.717, 1.165) is 6.42 Å². The molecule has 1 aliphatic heterocycles. The average molecular weight is 176 g/mol. The number of allylic oxidation sites excluding steroid dienone is 3. The summed E-state index contributed by atoms with van der Waals surface area (Å²) in [5, 5.41) is 8.39. The van der Waals surface area contributed by atoms with Crippen LogP contribution in [0.2, 0.25) is 0 Å². The Morgan fingerprint density at radius 1 is 1.46 bits per heavy atom. The lowest BCUT2D eigenvalue weighted by atomic mass is 10.2. The molecule has 1 saturated heterocycles. The van der Waals surface area contributed by atoms with Crippen LogP contribution in [-0.4, -0.2) is 18.0 Å². The molecule has 2 heteroatoms. The Balaban J connectivity index is 2.53. The number of likely N-dealkylation sites (tertiary alicyclic amines) is 1. The van der Waals surface area contributed by atoms with E-state index < -0.39 is 0 Å². The first kappa shape index (κ1) is 9.85. The molecule has 1 aliphatic rings. The number of hydrogen-bond donors (Lipinski definition) is 0. The smallest absolute Gasteiger partial charge is 0.0912 e. The fourth-order valence-corrected chi connectivity index (χ4v) is 1.50. The van der Waals surface area contributed by atoms with E-state index in [0.29, 0.717) is 0 Å². The minimum Gasteiger partial charge on any atom is -0.377 e. The fourth-order valence-electron chi connectivity index (χ4n) is 1.50. The normalized spacial score (nSPS) is 18.2. The summed E-state index contributed by atoms with van der Waals surface area (Å²) in [5.41, 5.74) is 1.24. The molecular formula is C11H16N2. The quantitative estimate of drug-likeness (QED) is 0.488. The minimum absolute atomic E-state index is 0.995. The van der Waals surface area contributed by atoms with Gasteiger partial charge in [-0.3, -0.25) is 0 Å². The summed E-state index contributed by atoms with van der Waals surface area (Å²) in [4.78, 5) is 2.33. The van der Waals surface area contributed by atoms with Gasteiger partial charge in [0.05, 0.1) is 6.07 Å². The SMILES string of the molecule is CCC(/C=C/C#N)=C\N1CCCC1. The van der Waals surface area contributed by atoms with Gasteiger partial charge < -0.3 is 4.90 Å². The highest BCUT2D eigenvalue weighted by atomic mass is 15.1. The van der Waals surface area contributed by atoms with E-state index in [1.807, 2.05) is 12.1 Å². The molecule has 1 heterocycles. The fraction of sp³-hybridized carbons (Fsp3) is 0.545. The van der Waals surface area contributed by atoms with Gasteiger partial charge in [-0.1, -0.05) is 6.92 Å². The van der Waals surface area contributed by atoms with E-state index in [4.69, 9.17) is 5.26 Å². The van der Waals surface area contributed by atoms with E-state index in [9.17, 15) is 0 Å². The highest BCUT2D eigenvalue weighted by Gasteiger charge is 2.07. The standard InChI is InChI=1S/C11H16N2/c1-2-11(6-5-7-12)10-13-8-3-4-9-13/h5-6,10H,2-4,8-9H2,1H3/b6-5+,11-10+. The van der Waals surface area contributed by atoms with Gasteiger partial charge >= 0.3 is 0 Å². The van der Waals surface area contributed by atoms with E-state index >= 15 is 0 Å². The van der Waals surface area contributed by atoms with Crippen molar-refractivity contribution in [3.8, 4) is 6.07 Å². The maximum Gasteiger partial charge on any atom is 0.0912 e. The van der Waals surface area contributed by atoms with E-state index in [1.54, 1.807) is 6.08 Å². The molecule has 0 unspecified atom stereocenters. The third kappa shape index (κ3) is 3.33. The Kier molecular flexibility index (Phi) is 4.11. The average Bonchev–Trinajstić information content (AvgIpc) is 2.64. The number of nitriles is 1. The molecule has 0 aromatic carbocycles. The summed E-state index contributed by atoms with van der Waals surface area (Å²) in [6, 6.07) is 2.02. The van der Waals surface area contributed by atoms with Crippen molar-refractivity contribution in [2.24, 2.45) is 0 Å². The molecule has 0 atom stereocenters. The van der Waals surface area contributed by atoms with E-state index in [-0.39, 0.29) is 0 Å². The Hall–Kier alpha value is -1.23. The first-order chi connectivity index (χ1) is 6.36. The van der Waals surface area contributed by atoms with E-state index in [1.165, 1.54) is 31.5 Å². The molecule has 13 heavy (non-hydrogen) atoms. The lowest BCUT2D eigenvalue weighted by Crippen LogP contribution is -2.11. The van der Waals surface area contributed by atoms with Gasteiger partial charge in [0.15, 0.2) is 0 Å². The third-order valence-electron chi connectivity index (χ3n) is 2.27. The van der Waals surface area contributed by atoms with Gasteiger partial charge in [0.1, 0.15) is 0 Å². The van der Waals surface area contributed by atoms with Crippen LogP contribution in [-0.2, 0) is 0 Å². The van der Waals surface area contributed by atoms with Crippen molar-refractivity contribution in [2.45, 2.75) is 26.2 Å². The van der Waals surface area contributed by atoms with Crippen molar-refractivity contribution in [1.29, 1.82) is 5.26 Å². The molecule has 0 aromatic heterocycles. The van der Waals surface area contributed by atoms with Gasteiger partial charge in [-0.05, 0) is 30.9 Å². The molecule has 0 radical (unpaired) electrons. The van der Waals surface area contributed by atoms with Crippen LogP contribution in [0.25, 0.3) is 0 Å². The molecule has 0 amide bonds. The zero-order valence-electron chi connectivity index (χ0n) is 8.16. The van der Waals surface area contributed by atoms with Gasteiger partial charge in [-0.15, -0.1) is 0 Å². The van der Waals surface area contributed by atoms with Crippen molar-refractivity contribution >= 4 is 0 Å². The van der Waals surface area contributed by atoms with Gasteiger partial charge in [0.2, 0.25) is 0 Å². The Morgan fingerprint density at radius 3 is 2.69 bits per heavy atom. The van der Waals surface area contributed by atoms with Crippen molar-refractivity contribution in [2.75, 3.05) is 13.1 Å². The molecule has 0 aromatic rings. The second kappa shape index (κ2) is 5.42. The van der Waals surface area contributed by atoms with Crippen molar-refractivity contribution in [3.63, 3.8) is 0 Å². The van der Waals surface area contributed by atoms with Crippen molar-refractivity contribution in [1.82, 2.24) is 4.90 Å². The number of rotatable bonds is 3. The molecule has 1 rings (SSSR count). The second-order valence-corrected chi connectivity index (χ2v) is 3.26. The largest absolute Gasteiger partial charge is 0.377 e. The predicted octanol–water partition coefficient (Wildman–Crippen LogP) is 2.46. The highest BCUT2D eigenvalue weighted by Crippen LogP contribution is 2.11. The molecule has 0 saturated carbocycles. The molecule has 2 nitrogen and oxygen atoms in total. The summed E-state index contributed by atoms with van der Waals surface area (Å²) in [6.07, 6.45) is 9.23. The number of nitrogens with zero attached hydrogens (tertiary/aromatic N) is 2. The second-order valence-electron chi connectivity index (χ2n) is 3.26. The molecule has 1 fully saturated rings. The maximum atomic E-state index is 8.39. The van der Waals surface area contributed by atoms with Crippen LogP contribution in [0.5, 0.6) is 0 Å². The zero-order chi connectivity index (χ0) is 9.52. The van der Waals surface area contributed by atoms with Gasteiger partial charge in [0, 0.05) is 25.4 Å².